The predicted octanol–water partition coefficient (Wildman–Crippen LogP) is 5.14. The van der Waals surface area contributed by atoms with E-state index in [-0.39, 0.29) is 12.4 Å². The summed E-state index contributed by atoms with van der Waals surface area (Å²) in [5.74, 6) is -0.361. The van der Waals surface area contributed by atoms with Crippen molar-refractivity contribution in [2.24, 2.45) is 0 Å². The SMILES string of the molecule is O=C(Nc1ccc(N2CCc3ccccc3C2)c(F)c1)OCc1ccccc1. The molecule has 0 saturated carbocycles. The van der Waals surface area contributed by atoms with Crippen molar-refractivity contribution in [3.8, 4) is 0 Å². The summed E-state index contributed by atoms with van der Waals surface area (Å²) in [4.78, 5) is 14.0. The number of nitrogens with one attached hydrogen (secondary N) is 1. The molecule has 1 N–H and O–H groups in total. The Bertz CT molecular complexity index is 975. The third-order valence-corrected chi connectivity index (χ3v) is 4.88. The number of carbonyl (C=O) groups is 1. The summed E-state index contributed by atoms with van der Waals surface area (Å²) >= 11 is 0. The van der Waals surface area contributed by atoms with Gasteiger partial charge in [-0.15, -0.1) is 0 Å². The van der Waals surface area contributed by atoms with Crippen molar-refractivity contribution in [3.05, 3.63) is 95.3 Å². The summed E-state index contributed by atoms with van der Waals surface area (Å²) in [7, 11) is 0. The molecule has 28 heavy (non-hydrogen) atoms. The number of hydrogen-bond donors (Lipinski definition) is 1. The van der Waals surface area contributed by atoms with Gasteiger partial charge in [0.1, 0.15) is 12.4 Å². The fourth-order valence-corrected chi connectivity index (χ4v) is 3.42. The first kappa shape index (κ1) is 18.0. The van der Waals surface area contributed by atoms with Gasteiger partial charge in [-0.05, 0) is 41.3 Å². The number of rotatable bonds is 4. The fourth-order valence-electron chi connectivity index (χ4n) is 3.42. The van der Waals surface area contributed by atoms with Gasteiger partial charge in [0.05, 0.1) is 5.69 Å². The van der Waals surface area contributed by atoms with Crippen molar-refractivity contribution in [2.75, 3.05) is 16.8 Å². The van der Waals surface area contributed by atoms with Gasteiger partial charge in [0.25, 0.3) is 0 Å². The van der Waals surface area contributed by atoms with Crippen molar-refractivity contribution in [2.45, 2.75) is 19.6 Å². The smallest absolute Gasteiger partial charge is 0.411 e. The van der Waals surface area contributed by atoms with Crippen LogP contribution in [0.25, 0.3) is 0 Å². The highest BCUT2D eigenvalue weighted by atomic mass is 19.1. The maximum atomic E-state index is 14.7. The van der Waals surface area contributed by atoms with Crippen LogP contribution >= 0.6 is 0 Å². The van der Waals surface area contributed by atoms with Gasteiger partial charge in [-0.3, -0.25) is 5.32 Å². The van der Waals surface area contributed by atoms with Crippen LogP contribution in [-0.2, 0) is 24.3 Å². The van der Waals surface area contributed by atoms with Gasteiger partial charge >= 0.3 is 6.09 Å². The van der Waals surface area contributed by atoms with Crippen LogP contribution in [0, 0.1) is 5.82 Å². The molecule has 3 aromatic carbocycles. The van der Waals surface area contributed by atoms with E-state index in [2.05, 4.69) is 17.4 Å². The zero-order valence-corrected chi connectivity index (χ0v) is 15.4. The Morgan fingerprint density at radius 1 is 1.00 bits per heavy atom. The summed E-state index contributed by atoms with van der Waals surface area (Å²) in [5, 5.41) is 2.58. The molecule has 1 aliphatic heterocycles. The van der Waals surface area contributed by atoms with Gasteiger partial charge in [0.15, 0.2) is 0 Å². The van der Waals surface area contributed by atoms with Crippen molar-refractivity contribution in [1.29, 1.82) is 0 Å². The van der Waals surface area contributed by atoms with Gasteiger partial charge < -0.3 is 9.64 Å². The lowest BCUT2D eigenvalue weighted by Gasteiger charge is -2.31. The van der Waals surface area contributed by atoms with Gasteiger partial charge in [-0.2, -0.15) is 0 Å². The standard InChI is InChI=1S/C23H21FN2O2/c24-21-14-20(25-23(27)28-16-17-6-2-1-3-7-17)10-11-22(21)26-13-12-18-8-4-5-9-19(18)15-26/h1-11,14H,12-13,15-16H2,(H,25,27). The Balaban J connectivity index is 1.38. The first-order chi connectivity index (χ1) is 13.7. The normalized spacial score (nSPS) is 13.0. The molecule has 142 valence electrons. The van der Waals surface area contributed by atoms with Crippen molar-refractivity contribution in [1.82, 2.24) is 0 Å². The molecule has 0 spiro atoms. The average molecular weight is 376 g/mol. The van der Waals surface area contributed by atoms with Gasteiger partial charge in [0, 0.05) is 18.8 Å². The maximum Gasteiger partial charge on any atom is 0.411 e. The number of fused-ring (bicyclic) bond motifs is 1. The average Bonchev–Trinajstić information content (AvgIpc) is 2.73. The lowest BCUT2D eigenvalue weighted by molar-refractivity contribution is 0.155. The highest BCUT2D eigenvalue weighted by Crippen LogP contribution is 2.28. The van der Waals surface area contributed by atoms with E-state index in [0.717, 1.165) is 18.5 Å². The molecule has 1 amide bonds. The lowest BCUT2D eigenvalue weighted by atomic mass is 9.99. The van der Waals surface area contributed by atoms with Gasteiger partial charge in [0.2, 0.25) is 0 Å². The number of anilines is 2. The van der Waals surface area contributed by atoms with E-state index in [1.54, 1.807) is 12.1 Å². The second-order valence-corrected chi connectivity index (χ2v) is 6.79. The highest BCUT2D eigenvalue weighted by molar-refractivity contribution is 5.85. The first-order valence-electron chi connectivity index (χ1n) is 9.28. The summed E-state index contributed by atoms with van der Waals surface area (Å²) < 4.78 is 19.9. The lowest BCUT2D eigenvalue weighted by Crippen LogP contribution is -2.31. The van der Waals surface area contributed by atoms with E-state index in [9.17, 15) is 9.18 Å². The van der Waals surface area contributed by atoms with E-state index in [0.29, 0.717) is 17.9 Å². The Kier molecular flexibility index (Phi) is 5.24. The number of ether oxygens (including phenoxy) is 1. The molecule has 0 atom stereocenters. The summed E-state index contributed by atoms with van der Waals surface area (Å²) in [6.45, 7) is 1.61. The Morgan fingerprint density at radius 3 is 2.54 bits per heavy atom. The Hall–Kier alpha value is -3.34. The van der Waals surface area contributed by atoms with Crippen LogP contribution in [0.2, 0.25) is 0 Å². The number of nitrogens with zero attached hydrogens (tertiary/aromatic N) is 1. The monoisotopic (exact) mass is 376 g/mol. The van der Waals surface area contributed by atoms with Crippen LogP contribution in [0.5, 0.6) is 0 Å². The number of hydrogen-bond acceptors (Lipinski definition) is 3. The fraction of sp³-hybridized carbons (Fsp3) is 0.174. The topological polar surface area (TPSA) is 41.6 Å². The zero-order valence-electron chi connectivity index (χ0n) is 15.4. The molecule has 0 fully saturated rings. The molecular weight excluding hydrogens is 355 g/mol. The maximum absolute atomic E-state index is 14.7. The van der Waals surface area contributed by atoms with Crippen LogP contribution in [0.15, 0.2) is 72.8 Å². The van der Waals surface area contributed by atoms with E-state index >= 15 is 0 Å². The van der Waals surface area contributed by atoms with Crippen molar-refractivity contribution >= 4 is 17.5 Å². The third-order valence-electron chi connectivity index (χ3n) is 4.88. The van der Waals surface area contributed by atoms with Gasteiger partial charge in [-0.25, -0.2) is 9.18 Å². The molecule has 4 nitrogen and oxygen atoms in total. The molecular formula is C23H21FN2O2. The minimum absolute atomic E-state index is 0.167. The van der Waals surface area contributed by atoms with Crippen LogP contribution in [0.3, 0.4) is 0 Å². The van der Waals surface area contributed by atoms with E-state index < -0.39 is 6.09 Å². The number of benzene rings is 3. The molecule has 4 rings (SSSR count). The molecule has 0 saturated heterocycles. The second kappa shape index (κ2) is 8.13. The Labute approximate surface area is 163 Å². The molecule has 1 heterocycles. The summed E-state index contributed by atoms with van der Waals surface area (Å²) in [6, 6.07) is 22.4. The van der Waals surface area contributed by atoms with E-state index in [1.165, 1.54) is 17.2 Å². The van der Waals surface area contributed by atoms with Crippen LogP contribution in [0.4, 0.5) is 20.6 Å². The largest absolute Gasteiger partial charge is 0.444 e. The minimum Gasteiger partial charge on any atom is -0.444 e. The van der Waals surface area contributed by atoms with Crippen LogP contribution in [0.1, 0.15) is 16.7 Å². The summed E-state index contributed by atoms with van der Waals surface area (Å²) in [6.07, 6.45) is 0.282. The zero-order chi connectivity index (χ0) is 19.3. The molecule has 3 aromatic rings. The van der Waals surface area contributed by atoms with E-state index in [4.69, 9.17) is 4.74 Å². The van der Waals surface area contributed by atoms with E-state index in [1.807, 2.05) is 47.4 Å². The molecule has 0 bridgehead atoms. The highest BCUT2D eigenvalue weighted by Gasteiger charge is 2.19. The number of carbonyl (C=O) groups excluding carboxylic acids is 1. The summed E-state index contributed by atoms with van der Waals surface area (Å²) in [5.41, 5.74) is 4.34. The molecule has 1 aliphatic rings. The minimum atomic E-state index is -0.608. The quantitative estimate of drug-likeness (QED) is 0.686. The second-order valence-electron chi connectivity index (χ2n) is 6.79. The number of amides is 1. The molecule has 0 aliphatic carbocycles. The molecule has 5 heteroatoms. The Morgan fingerprint density at radius 2 is 1.75 bits per heavy atom. The third kappa shape index (κ3) is 4.14. The van der Waals surface area contributed by atoms with Crippen LogP contribution < -0.4 is 10.2 Å². The number of halogens is 1. The first-order valence-corrected chi connectivity index (χ1v) is 9.28. The van der Waals surface area contributed by atoms with Crippen molar-refractivity contribution in [3.63, 3.8) is 0 Å². The predicted molar refractivity (Wildman–Crippen MR) is 108 cm³/mol. The molecule has 0 radical (unpaired) electrons. The van der Waals surface area contributed by atoms with Crippen molar-refractivity contribution < 1.29 is 13.9 Å². The molecule has 0 aromatic heterocycles. The van der Waals surface area contributed by atoms with Gasteiger partial charge in [-0.1, -0.05) is 54.6 Å². The molecule has 0 unspecified atom stereocenters. The van der Waals surface area contributed by atoms with Crippen LogP contribution in [-0.4, -0.2) is 12.6 Å².